The molecule has 10 heteroatoms. The molecular weight excluding hydrogens is 499 g/mol. The van der Waals surface area contributed by atoms with Crippen LogP contribution in [0.2, 0.25) is 10.0 Å². The normalized spacial score (nSPS) is 25.4. The van der Waals surface area contributed by atoms with E-state index in [-0.39, 0.29) is 12.0 Å². The largest absolute Gasteiger partial charge is 0.481 e. The van der Waals surface area contributed by atoms with E-state index in [0.29, 0.717) is 45.3 Å². The van der Waals surface area contributed by atoms with Crippen LogP contribution in [0.25, 0.3) is 0 Å². The van der Waals surface area contributed by atoms with Crippen LogP contribution in [-0.4, -0.2) is 58.2 Å². The number of halogens is 2. The summed E-state index contributed by atoms with van der Waals surface area (Å²) in [6.07, 6.45) is 5.49. The van der Waals surface area contributed by atoms with Crippen LogP contribution in [0.4, 0.5) is 11.6 Å². The van der Waals surface area contributed by atoms with Gasteiger partial charge in [0.1, 0.15) is 11.9 Å². The van der Waals surface area contributed by atoms with Gasteiger partial charge in [0.05, 0.1) is 18.2 Å². The fourth-order valence-corrected chi connectivity index (χ4v) is 6.30. The lowest BCUT2D eigenvalue weighted by Gasteiger charge is -2.50. The maximum Gasteiger partial charge on any atom is 0.306 e. The van der Waals surface area contributed by atoms with Gasteiger partial charge in [-0.25, -0.2) is 9.97 Å². The van der Waals surface area contributed by atoms with Gasteiger partial charge in [0, 0.05) is 35.7 Å². The highest BCUT2D eigenvalue weighted by Gasteiger charge is 2.42. The van der Waals surface area contributed by atoms with Gasteiger partial charge in [-0.05, 0) is 68.7 Å². The molecule has 2 aliphatic heterocycles. The number of carbonyl (C=O) groups is 1. The first kappa shape index (κ1) is 25.1. The van der Waals surface area contributed by atoms with Gasteiger partial charge in [0.15, 0.2) is 11.5 Å². The number of piperidine rings is 1. The molecule has 1 aromatic heterocycles. The van der Waals surface area contributed by atoms with Crippen molar-refractivity contribution in [3.8, 4) is 6.07 Å². The number of nitrogens with one attached hydrogen (secondary N) is 1. The molecule has 2 atom stereocenters. The van der Waals surface area contributed by atoms with E-state index in [0.717, 1.165) is 51.0 Å². The number of nitrogens with zero attached hydrogens (tertiary/aromatic N) is 5. The minimum atomic E-state index is -0.661. The third kappa shape index (κ3) is 5.10. The van der Waals surface area contributed by atoms with Gasteiger partial charge in [0.25, 0.3) is 0 Å². The Kier molecular flexibility index (Phi) is 7.25. The second-order valence-corrected chi connectivity index (χ2v) is 11.1. The highest BCUT2D eigenvalue weighted by molar-refractivity contribution is 6.35. The first-order valence-corrected chi connectivity index (χ1v) is 13.3. The minimum absolute atomic E-state index is 0.116. The van der Waals surface area contributed by atoms with Gasteiger partial charge in [-0.15, -0.1) is 0 Å². The third-order valence-corrected chi connectivity index (χ3v) is 8.56. The topological polar surface area (TPSA) is 105 Å². The summed E-state index contributed by atoms with van der Waals surface area (Å²) in [4.78, 5) is 24.9. The molecule has 2 aromatic rings. The van der Waals surface area contributed by atoms with Crippen LogP contribution in [0.1, 0.15) is 49.9 Å². The number of likely N-dealkylation sites (tertiary alicyclic amines) is 1. The highest BCUT2D eigenvalue weighted by Crippen LogP contribution is 2.39. The van der Waals surface area contributed by atoms with Gasteiger partial charge < -0.3 is 20.2 Å². The second kappa shape index (κ2) is 10.4. The van der Waals surface area contributed by atoms with Gasteiger partial charge in [-0.3, -0.25) is 4.79 Å². The lowest BCUT2D eigenvalue weighted by Crippen LogP contribution is -2.56. The number of benzene rings is 1. The number of aromatic nitrogens is 2. The Morgan fingerprint density at radius 3 is 2.72 bits per heavy atom. The molecule has 0 radical (unpaired) electrons. The molecule has 0 bridgehead atoms. The molecule has 1 saturated carbocycles. The molecular formula is C26H30Cl2N6O2. The number of carboxylic acid groups (broad SMARTS) is 1. The van der Waals surface area contributed by atoms with Crippen LogP contribution in [-0.2, 0) is 4.79 Å². The Hall–Kier alpha value is -2.60. The van der Waals surface area contributed by atoms with Crippen LogP contribution in [0.15, 0.2) is 24.4 Å². The Labute approximate surface area is 221 Å². The molecule has 2 N–H and O–H groups in total. The number of hydrogen-bond donors (Lipinski definition) is 2. The third-order valence-electron chi connectivity index (χ3n) is 8.00. The van der Waals surface area contributed by atoms with Crippen molar-refractivity contribution >= 4 is 40.8 Å². The molecule has 36 heavy (non-hydrogen) atoms. The van der Waals surface area contributed by atoms with Crippen molar-refractivity contribution in [2.24, 2.45) is 17.8 Å². The second-order valence-electron chi connectivity index (χ2n) is 10.3. The molecule has 2 saturated heterocycles. The smallest absolute Gasteiger partial charge is 0.306 e. The zero-order valence-electron chi connectivity index (χ0n) is 20.2. The Morgan fingerprint density at radius 2 is 2.03 bits per heavy atom. The molecule has 3 fully saturated rings. The minimum Gasteiger partial charge on any atom is -0.481 e. The Morgan fingerprint density at radius 1 is 1.25 bits per heavy atom. The van der Waals surface area contributed by atoms with Crippen molar-refractivity contribution in [3.05, 3.63) is 45.7 Å². The molecule has 190 valence electrons. The van der Waals surface area contributed by atoms with Crippen LogP contribution in [0.5, 0.6) is 0 Å². The van der Waals surface area contributed by atoms with Gasteiger partial charge >= 0.3 is 5.97 Å². The predicted octanol–water partition coefficient (Wildman–Crippen LogP) is 4.84. The number of hydrogen-bond acceptors (Lipinski definition) is 7. The standard InChI is InChI=1S/C26H30Cl2N6O2/c1-15(21-5-4-19(27)9-22(21)28)31-24-11-30-23(10-29)25(32-24)34-13-18(14-34)16-3-2-6-33(12-16)20-7-17(8-20)26(35)36/h4-5,9,11,15-18,20H,2-3,6-8,12-14H2,1H3,(H,31,32)(H,35,36)/t15-,16+,17?,20?/m1/s1. The van der Waals surface area contributed by atoms with Gasteiger partial charge in [-0.1, -0.05) is 29.3 Å². The van der Waals surface area contributed by atoms with Crippen molar-refractivity contribution in [1.82, 2.24) is 14.9 Å². The summed E-state index contributed by atoms with van der Waals surface area (Å²) in [5.74, 6) is 1.51. The van der Waals surface area contributed by atoms with E-state index in [9.17, 15) is 15.2 Å². The van der Waals surface area contributed by atoms with Crippen LogP contribution >= 0.6 is 23.2 Å². The lowest BCUT2D eigenvalue weighted by atomic mass is 9.76. The summed E-state index contributed by atoms with van der Waals surface area (Å²) in [5.41, 5.74) is 1.23. The molecule has 0 spiro atoms. The highest BCUT2D eigenvalue weighted by atomic mass is 35.5. The van der Waals surface area contributed by atoms with E-state index in [1.54, 1.807) is 18.3 Å². The first-order valence-electron chi connectivity index (χ1n) is 12.5. The molecule has 0 amide bonds. The average Bonchev–Trinajstić information content (AvgIpc) is 2.77. The number of rotatable bonds is 7. The van der Waals surface area contributed by atoms with E-state index in [2.05, 4.69) is 26.2 Å². The summed E-state index contributed by atoms with van der Waals surface area (Å²) >= 11 is 12.4. The monoisotopic (exact) mass is 528 g/mol. The van der Waals surface area contributed by atoms with Crippen molar-refractivity contribution in [1.29, 1.82) is 5.26 Å². The fourth-order valence-electron chi connectivity index (χ4n) is 5.73. The van der Waals surface area contributed by atoms with Gasteiger partial charge in [-0.2, -0.15) is 5.26 Å². The first-order chi connectivity index (χ1) is 17.3. The molecule has 0 unspecified atom stereocenters. The fraction of sp³-hybridized carbons (Fsp3) is 0.538. The summed E-state index contributed by atoms with van der Waals surface area (Å²) in [6.45, 7) is 5.80. The van der Waals surface area contributed by atoms with Crippen molar-refractivity contribution < 1.29 is 9.90 Å². The van der Waals surface area contributed by atoms with Crippen LogP contribution in [0, 0.1) is 29.1 Å². The molecule has 1 aliphatic carbocycles. The summed E-state index contributed by atoms with van der Waals surface area (Å²) < 4.78 is 0. The summed E-state index contributed by atoms with van der Waals surface area (Å²) in [6, 6.07) is 7.89. The number of aliphatic carboxylic acids is 1. The van der Waals surface area contributed by atoms with E-state index in [1.807, 2.05) is 13.0 Å². The zero-order valence-corrected chi connectivity index (χ0v) is 21.7. The van der Waals surface area contributed by atoms with Crippen molar-refractivity contribution in [2.45, 2.75) is 44.7 Å². The lowest BCUT2D eigenvalue weighted by molar-refractivity contribution is -0.147. The van der Waals surface area contributed by atoms with E-state index in [4.69, 9.17) is 28.2 Å². The zero-order chi connectivity index (χ0) is 25.4. The number of nitriles is 1. The average molecular weight is 529 g/mol. The Balaban J connectivity index is 1.20. The maximum atomic E-state index is 11.2. The summed E-state index contributed by atoms with van der Waals surface area (Å²) in [7, 11) is 0. The number of carboxylic acids is 1. The molecule has 3 heterocycles. The molecule has 5 rings (SSSR count). The summed E-state index contributed by atoms with van der Waals surface area (Å²) in [5, 5.41) is 23.3. The SMILES string of the molecule is C[C@@H](Nc1cnc(C#N)c(N2CC([C@H]3CCCN(C4CC(C(=O)O)C4)C3)C2)n1)c1ccc(Cl)cc1Cl. The van der Waals surface area contributed by atoms with Crippen molar-refractivity contribution in [2.75, 3.05) is 36.4 Å². The Bertz CT molecular complexity index is 1180. The van der Waals surface area contributed by atoms with Gasteiger partial charge in [0.2, 0.25) is 0 Å². The maximum absolute atomic E-state index is 11.2. The predicted molar refractivity (Wildman–Crippen MR) is 139 cm³/mol. The molecule has 3 aliphatic rings. The molecule has 8 nitrogen and oxygen atoms in total. The number of anilines is 2. The van der Waals surface area contributed by atoms with E-state index >= 15 is 0 Å². The van der Waals surface area contributed by atoms with Crippen molar-refractivity contribution in [3.63, 3.8) is 0 Å². The van der Waals surface area contributed by atoms with Crippen LogP contribution in [0.3, 0.4) is 0 Å². The van der Waals surface area contributed by atoms with E-state index < -0.39 is 5.97 Å². The quantitative estimate of drug-likeness (QED) is 0.525. The van der Waals surface area contributed by atoms with Crippen LogP contribution < -0.4 is 10.2 Å². The molecule has 1 aromatic carbocycles. The van der Waals surface area contributed by atoms with E-state index in [1.165, 1.54) is 6.42 Å².